The van der Waals surface area contributed by atoms with Gasteiger partial charge >= 0.3 is 0 Å². The SMILES string of the molecule is Cc1cnc(C(=O)NCc2ccc(N3CCC(C)CC3)nc2)[nH]1. The van der Waals surface area contributed by atoms with Crippen molar-refractivity contribution in [3.8, 4) is 0 Å². The largest absolute Gasteiger partial charge is 0.357 e. The lowest BCUT2D eigenvalue weighted by molar-refractivity contribution is 0.0941. The fourth-order valence-electron chi connectivity index (χ4n) is 2.74. The van der Waals surface area contributed by atoms with E-state index in [0.29, 0.717) is 12.4 Å². The van der Waals surface area contributed by atoms with E-state index in [1.807, 2.05) is 25.3 Å². The molecule has 2 aromatic heterocycles. The highest BCUT2D eigenvalue weighted by Crippen LogP contribution is 2.21. The predicted octanol–water partition coefficient (Wildman–Crippen LogP) is 2.28. The van der Waals surface area contributed by atoms with Crippen molar-refractivity contribution in [1.29, 1.82) is 0 Å². The average molecular weight is 313 g/mol. The maximum atomic E-state index is 11.9. The molecule has 2 N–H and O–H groups in total. The maximum absolute atomic E-state index is 11.9. The molecule has 0 radical (unpaired) electrons. The van der Waals surface area contributed by atoms with Crippen molar-refractivity contribution in [2.45, 2.75) is 33.2 Å². The van der Waals surface area contributed by atoms with Gasteiger partial charge in [-0.1, -0.05) is 13.0 Å². The van der Waals surface area contributed by atoms with Crippen LogP contribution in [0, 0.1) is 12.8 Å². The van der Waals surface area contributed by atoms with Crippen LogP contribution in [0.5, 0.6) is 0 Å². The van der Waals surface area contributed by atoms with Crippen LogP contribution in [0.25, 0.3) is 0 Å². The van der Waals surface area contributed by atoms with Gasteiger partial charge in [0, 0.05) is 37.7 Å². The number of aromatic amines is 1. The van der Waals surface area contributed by atoms with Crippen LogP contribution in [-0.4, -0.2) is 33.9 Å². The molecule has 0 bridgehead atoms. The Morgan fingerprint density at radius 1 is 1.30 bits per heavy atom. The number of aryl methyl sites for hydroxylation is 1. The first-order chi connectivity index (χ1) is 11.1. The maximum Gasteiger partial charge on any atom is 0.287 e. The van der Waals surface area contributed by atoms with Crippen LogP contribution < -0.4 is 10.2 Å². The third-order valence-corrected chi connectivity index (χ3v) is 4.29. The monoisotopic (exact) mass is 313 g/mol. The van der Waals surface area contributed by atoms with Crippen molar-refractivity contribution in [3.63, 3.8) is 0 Å². The van der Waals surface area contributed by atoms with Crippen LogP contribution in [0.1, 0.15) is 41.6 Å². The highest BCUT2D eigenvalue weighted by atomic mass is 16.2. The molecule has 1 amide bonds. The Balaban J connectivity index is 1.54. The van der Waals surface area contributed by atoms with Crippen LogP contribution in [-0.2, 0) is 6.54 Å². The first-order valence-corrected chi connectivity index (χ1v) is 8.11. The van der Waals surface area contributed by atoms with Gasteiger partial charge in [0.1, 0.15) is 5.82 Å². The average Bonchev–Trinajstić information content (AvgIpc) is 3.00. The van der Waals surface area contributed by atoms with E-state index < -0.39 is 0 Å². The van der Waals surface area contributed by atoms with E-state index in [1.54, 1.807) is 6.20 Å². The van der Waals surface area contributed by atoms with Gasteiger partial charge in [0.25, 0.3) is 5.91 Å². The summed E-state index contributed by atoms with van der Waals surface area (Å²) in [6.45, 7) is 6.76. The highest BCUT2D eigenvalue weighted by Gasteiger charge is 2.16. The lowest BCUT2D eigenvalue weighted by Gasteiger charge is -2.31. The third-order valence-electron chi connectivity index (χ3n) is 4.29. The van der Waals surface area contributed by atoms with Gasteiger partial charge in [-0.2, -0.15) is 0 Å². The predicted molar refractivity (Wildman–Crippen MR) is 89.3 cm³/mol. The standard InChI is InChI=1S/C17H23N5O/c1-12-5-7-22(8-6-12)15-4-3-14(10-18-15)11-20-17(23)16-19-9-13(2)21-16/h3-4,9-10,12H,5-8,11H2,1-2H3,(H,19,21)(H,20,23). The van der Waals surface area contributed by atoms with Crippen molar-refractivity contribution in [3.05, 3.63) is 41.6 Å². The minimum absolute atomic E-state index is 0.202. The Bertz CT molecular complexity index is 656. The summed E-state index contributed by atoms with van der Waals surface area (Å²) in [5, 5.41) is 2.85. The Kier molecular flexibility index (Phi) is 4.60. The first kappa shape index (κ1) is 15.5. The number of rotatable bonds is 4. The van der Waals surface area contributed by atoms with Crippen molar-refractivity contribution in [2.75, 3.05) is 18.0 Å². The molecule has 0 aliphatic carbocycles. The fourth-order valence-corrected chi connectivity index (χ4v) is 2.74. The summed E-state index contributed by atoms with van der Waals surface area (Å²) in [5.74, 6) is 1.97. The number of aromatic nitrogens is 3. The normalized spacial score (nSPS) is 15.7. The van der Waals surface area contributed by atoms with E-state index in [9.17, 15) is 4.79 Å². The van der Waals surface area contributed by atoms with Crippen molar-refractivity contribution in [1.82, 2.24) is 20.3 Å². The molecular weight excluding hydrogens is 290 g/mol. The topological polar surface area (TPSA) is 73.9 Å². The molecule has 0 saturated carbocycles. The second-order valence-corrected chi connectivity index (χ2v) is 6.29. The van der Waals surface area contributed by atoms with E-state index in [1.165, 1.54) is 12.8 Å². The zero-order chi connectivity index (χ0) is 16.2. The molecule has 1 saturated heterocycles. The summed E-state index contributed by atoms with van der Waals surface area (Å²) in [6, 6.07) is 4.06. The number of imidazole rings is 1. The van der Waals surface area contributed by atoms with Gasteiger partial charge in [0.05, 0.1) is 0 Å². The van der Waals surface area contributed by atoms with Crippen LogP contribution in [0.2, 0.25) is 0 Å². The Morgan fingerprint density at radius 3 is 2.70 bits per heavy atom. The van der Waals surface area contributed by atoms with Gasteiger partial charge in [-0.25, -0.2) is 9.97 Å². The molecule has 23 heavy (non-hydrogen) atoms. The molecular formula is C17H23N5O. The van der Waals surface area contributed by atoms with E-state index in [-0.39, 0.29) is 5.91 Å². The number of carbonyl (C=O) groups is 1. The minimum Gasteiger partial charge on any atom is -0.357 e. The lowest BCUT2D eigenvalue weighted by atomic mass is 9.99. The van der Waals surface area contributed by atoms with Crippen molar-refractivity contribution >= 4 is 11.7 Å². The van der Waals surface area contributed by atoms with E-state index >= 15 is 0 Å². The van der Waals surface area contributed by atoms with Gasteiger partial charge in [-0.05, 0) is 37.3 Å². The molecule has 1 aliphatic heterocycles. The number of piperidine rings is 1. The molecule has 1 fully saturated rings. The highest BCUT2D eigenvalue weighted by molar-refractivity contribution is 5.90. The fraction of sp³-hybridized carbons (Fsp3) is 0.471. The van der Waals surface area contributed by atoms with Gasteiger partial charge in [-0.3, -0.25) is 4.79 Å². The number of carbonyl (C=O) groups excluding carboxylic acids is 1. The summed E-state index contributed by atoms with van der Waals surface area (Å²) in [6.07, 6.45) is 5.93. The van der Waals surface area contributed by atoms with Gasteiger partial charge in [0.2, 0.25) is 0 Å². The third kappa shape index (κ3) is 3.88. The number of hydrogen-bond acceptors (Lipinski definition) is 4. The molecule has 3 rings (SSSR count). The molecule has 6 heteroatoms. The second-order valence-electron chi connectivity index (χ2n) is 6.29. The summed E-state index contributed by atoms with van der Waals surface area (Å²) in [5.41, 5.74) is 1.85. The molecule has 122 valence electrons. The summed E-state index contributed by atoms with van der Waals surface area (Å²) in [4.78, 5) is 25.7. The van der Waals surface area contributed by atoms with E-state index in [0.717, 1.165) is 36.1 Å². The molecule has 1 aliphatic rings. The molecule has 0 unspecified atom stereocenters. The van der Waals surface area contributed by atoms with Crippen molar-refractivity contribution < 1.29 is 4.79 Å². The molecule has 6 nitrogen and oxygen atoms in total. The molecule has 3 heterocycles. The van der Waals surface area contributed by atoms with Gasteiger partial charge in [0.15, 0.2) is 5.82 Å². The number of nitrogens with zero attached hydrogens (tertiary/aromatic N) is 3. The summed E-state index contributed by atoms with van der Waals surface area (Å²) in [7, 11) is 0. The Labute approximate surface area is 136 Å². The first-order valence-electron chi connectivity index (χ1n) is 8.11. The Hall–Kier alpha value is -2.37. The van der Waals surface area contributed by atoms with E-state index in [2.05, 4.69) is 32.1 Å². The van der Waals surface area contributed by atoms with Gasteiger partial charge < -0.3 is 15.2 Å². The Morgan fingerprint density at radius 2 is 2.09 bits per heavy atom. The number of H-pyrrole nitrogens is 1. The molecule has 0 spiro atoms. The number of amides is 1. The number of nitrogens with one attached hydrogen (secondary N) is 2. The molecule has 0 aromatic carbocycles. The number of hydrogen-bond donors (Lipinski definition) is 2. The number of anilines is 1. The summed E-state index contributed by atoms with van der Waals surface area (Å²) >= 11 is 0. The smallest absolute Gasteiger partial charge is 0.287 e. The summed E-state index contributed by atoms with van der Waals surface area (Å²) < 4.78 is 0. The van der Waals surface area contributed by atoms with Crippen LogP contribution >= 0.6 is 0 Å². The molecule has 2 aromatic rings. The van der Waals surface area contributed by atoms with Crippen LogP contribution in [0.15, 0.2) is 24.5 Å². The zero-order valence-corrected chi connectivity index (χ0v) is 13.7. The molecule has 0 atom stereocenters. The quantitative estimate of drug-likeness (QED) is 0.908. The second kappa shape index (κ2) is 6.81. The van der Waals surface area contributed by atoms with Crippen LogP contribution in [0.3, 0.4) is 0 Å². The number of pyridine rings is 1. The van der Waals surface area contributed by atoms with Crippen LogP contribution in [0.4, 0.5) is 5.82 Å². The lowest BCUT2D eigenvalue weighted by Crippen LogP contribution is -2.33. The van der Waals surface area contributed by atoms with E-state index in [4.69, 9.17) is 0 Å². The minimum atomic E-state index is -0.202. The van der Waals surface area contributed by atoms with Gasteiger partial charge in [-0.15, -0.1) is 0 Å². The van der Waals surface area contributed by atoms with Crippen molar-refractivity contribution in [2.24, 2.45) is 5.92 Å². The zero-order valence-electron chi connectivity index (χ0n) is 13.7.